The van der Waals surface area contributed by atoms with Crippen molar-refractivity contribution in [2.75, 3.05) is 6.54 Å². The molecule has 0 spiro atoms. The van der Waals surface area contributed by atoms with Gasteiger partial charge in [-0.2, -0.15) is 0 Å². The van der Waals surface area contributed by atoms with Crippen molar-refractivity contribution in [3.8, 4) is 0 Å². The third-order valence-corrected chi connectivity index (χ3v) is 5.29. The van der Waals surface area contributed by atoms with E-state index in [1.807, 2.05) is 0 Å². The Bertz CT molecular complexity index is 249. The Morgan fingerprint density at radius 2 is 1.33 bits per heavy atom. The van der Waals surface area contributed by atoms with Crippen LogP contribution >= 0.6 is 15.2 Å². The van der Waals surface area contributed by atoms with Crippen LogP contribution in [-0.4, -0.2) is 71.3 Å². The van der Waals surface area contributed by atoms with Crippen LogP contribution in [0.4, 0.5) is 0 Å². The molecule has 1 radical (unpaired) electrons. The Morgan fingerprint density at radius 3 is 1.40 bits per heavy atom. The molecule has 9 N–H and O–H groups in total. The van der Waals surface area contributed by atoms with Gasteiger partial charge >= 0.3 is 15.2 Å². The van der Waals surface area contributed by atoms with Gasteiger partial charge in [0.25, 0.3) is 5.08 Å². The van der Waals surface area contributed by atoms with Gasteiger partial charge in [-0.15, -0.1) is 0 Å². The van der Waals surface area contributed by atoms with E-state index in [2.05, 4.69) is 0 Å². The molecule has 0 saturated carbocycles. The predicted molar refractivity (Wildman–Crippen MR) is 52.1 cm³/mol. The average Bonchev–Trinajstić information content (AvgIpc) is 1.82. The molecular weight excluding hydrogens is 263 g/mol. The molecule has 0 aromatic rings. The van der Waals surface area contributed by atoms with Gasteiger partial charge < -0.3 is 35.9 Å². The van der Waals surface area contributed by atoms with Crippen molar-refractivity contribution in [3.63, 3.8) is 0 Å². The van der Waals surface area contributed by atoms with Crippen LogP contribution in [0.2, 0.25) is 0 Å². The van der Waals surface area contributed by atoms with Crippen molar-refractivity contribution < 1.29 is 39.3 Å². The maximum absolute atomic E-state index is 10.6. The molecule has 89 valence electrons. The Hall–Kier alpha value is 1.18. The quantitative estimate of drug-likeness (QED) is 0.233. The summed E-state index contributed by atoms with van der Waals surface area (Å²) in [5, 5.41) is 5.71. The summed E-state index contributed by atoms with van der Waals surface area (Å²) in [5.41, 5.74) is 4.86. The summed E-state index contributed by atoms with van der Waals surface area (Å²) < 4.78 is 21.2. The Morgan fingerprint density at radius 1 is 1.07 bits per heavy atom. The number of nitrogens with two attached hydrogens (primary N) is 1. The van der Waals surface area contributed by atoms with Crippen LogP contribution in [0.25, 0.3) is 0 Å². The third kappa shape index (κ3) is 4.91. The SMILES string of the molecule is NCCC(O)(P(=O)(O)O)P(=O)(O)O.O.[Na]. The smallest absolute Gasteiger partial charge is 0.369 e. The van der Waals surface area contributed by atoms with Gasteiger partial charge in [-0.05, 0) is 6.54 Å². The molecule has 9 nitrogen and oxygen atoms in total. The topological polar surface area (TPSA) is 193 Å². The molecule has 0 bridgehead atoms. The van der Waals surface area contributed by atoms with Gasteiger partial charge in [0.1, 0.15) is 0 Å². The molecule has 0 fully saturated rings. The van der Waals surface area contributed by atoms with Gasteiger partial charge in [-0.3, -0.25) is 9.13 Å². The van der Waals surface area contributed by atoms with Crippen molar-refractivity contribution in [3.05, 3.63) is 0 Å². The normalized spacial score (nSPS) is 12.7. The Balaban J connectivity index is -0.000000720. The summed E-state index contributed by atoms with van der Waals surface area (Å²) in [4.78, 5) is 34.1. The van der Waals surface area contributed by atoms with Gasteiger partial charge in [-0.25, -0.2) is 0 Å². The first kappa shape index (κ1) is 21.5. The molecule has 15 heavy (non-hydrogen) atoms. The van der Waals surface area contributed by atoms with Crippen molar-refractivity contribution >= 4 is 44.7 Å². The second-order valence-electron chi connectivity index (χ2n) is 2.40. The summed E-state index contributed by atoms with van der Waals surface area (Å²) in [6.07, 6.45) is -0.873. The van der Waals surface area contributed by atoms with Crippen LogP contribution in [0.5, 0.6) is 0 Å². The average molecular weight is 276 g/mol. The number of rotatable bonds is 4. The Labute approximate surface area is 108 Å². The van der Waals surface area contributed by atoms with Crippen LogP contribution in [0.15, 0.2) is 0 Å². The standard InChI is InChI=1S/C3H11NO7P2.Na.H2O/c4-2-1-3(5,12(6,7)8)13(9,10)11;;/h5H,1-2,4H2,(H2,6,7,8)(H2,9,10,11);;1H2. The summed E-state index contributed by atoms with van der Waals surface area (Å²) in [6, 6.07) is 0. The van der Waals surface area contributed by atoms with Crippen molar-refractivity contribution in [1.82, 2.24) is 0 Å². The van der Waals surface area contributed by atoms with Crippen molar-refractivity contribution in [1.29, 1.82) is 0 Å². The molecule has 12 heteroatoms. The van der Waals surface area contributed by atoms with E-state index in [4.69, 9.17) is 30.4 Å². The zero-order valence-corrected chi connectivity index (χ0v) is 11.7. The molecule has 0 aromatic heterocycles. The summed E-state index contributed by atoms with van der Waals surface area (Å²) in [7, 11) is -10.6. The van der Waals surface area contributed by atoms with E-state index >= 15 is 0 Å². The number of hydrogen-bond donors (Lipinski definition) is 6. The molecule has 0 saturated heterocycles. The molecular formula is C3H13NNaO8P2. The van der Waals surface area contributed by atoms with E-state index < -0.39 is 33.2 Å². The third-order valence-electron chi connectivity index (χ3n) is 1.41. The molecule has 0 aliphatic rings. The van der Waals surface area contributed by atoms with E-state index in [0.717, 1.165) is 0 Å². The Kier molecular flexibility index (Phi) is 9.74. The van der Waals surface area contributed by atoms with E-state index in [1.54, 1.807) is 0 Å². The summed E-state index contributed by atoms with van der Waals surface area (Å²) in [6.45, 7) is -0.452. The maximum atomic E-state index is 10.6. The van der Waals surface area contributed by atoms with E-state index in [1.165, 1.54) is 0 Å². The fourth-order valence-electron chi connectivity index (χ4n) is 0.655. The number of hydrogen-bond acceptors (Lipinski definition) is 4. The first-order valence-corrected chi connectivity index (χ1v) is 6.32. The van der Waals surface area contributed by atoms with Gasteiger partial charge in [0, 0.05) is 36.0 Å². The second kappa shape index (κ2) is 6.80. The van der Waals surface area contributed by atoms with E-state index in [-0.39, 0.29) is 35.0 Å². The predicted octanol–water partition coefficient (Wildman–Crippen LogP) is -2.87. The minimum Gasteiger partial charge on any atom is -0.412 e. The fraction of sp³-hybridized carbons (Fsp3) is 1.00. The van der Waals surface area contributed by atoms with Crippen LogP contribution in [0, 0.1) is 0 Å². The first-order valence-electron chi connectivity index (χ1n) is 3.10. The number of aliphatic hydroxyl groups is 1. The first-order chi connectivity index (χ1) is 5.56. The van der Waals surface area contributed by atoms with Crippen molar-refractivity contribution in [2.45, 2.75) is 11.5 Å². The van der Waals surface area contributed by atoms with Gasteiger partial charge in [-0.1, -0.05) is 0 Å². The zero-order valence-electron chi connectivity index (χ0n) is 7.94. The van der Waals surface area contributed by atoms with Crippen LogP contribution < -0.4 is 5.73 Å². The second-order valence-corrected chi connectivity index (χ2v) is 6.41. The van der Waals surface area contributed by atoms with Crippen LogP contribution in [0.1, 0.15) is 6.42 Å². The van der Waals surface area contributed by atoms with Gasteiger partial charge in [0.15, 0.2) is 0 Å². The molecule has 0 aliphatic carbocycles. The molecule has 0 atom stereocenters. The van der Waals surface area contributed by atoms with Crippen LogP contribution in [0.3, 0.4) is 0 Å². The summed E-state index contributed by atoms with van der Waals surface area (Å²) in [5.74, 6) is 0. The van der Waals surface area contributed by atoms with Crippen molar-refractivity contribution in [2.24, 2.45) is 5.73 Å². The monoisotopic (exact) mass is 276 g/mol. The van der Waals surface area contributed by atoms with Gasteiger partial charge in [0.2, 0.25) is 0 Å². The molecule has 0 amide bonds. The maximum Gasteiger partial charge on any atom is 0.369 e. The molecule has 0 rings (SSSR count). The van der Waals surface area contributed by atoms with Crippen LogP contribution in [-0.2, 0) is 9.13 Å². The van der Waals surface area contributed by atoms with Gasteiger partial charge in [0.05, 0.1) is 0 Å². The zero-order chi connectivity index (χ0) is 10.9. The largest absolute Gasteiger partial charge is 0.412 e. The molecule has 0 heterocycles. The molecule has 0 aromatic carbocycles. The summed E-state index contributed by atoms with van der Waals surface area (Å²) >= 11 is 0. The van der Waals surface area contributed by atoms with E-state index in [9.17, 15) is 9.13 Å². The van der Waals surface area contributed by atoms with E-state index in [0.29, 0.717) is 0 Å². The minimum atomic E-state index is -5.31. The molecule has 0 unspecified atom stereocenters. The molecule has 0 aliphatic heterocycles. The minimum absolute atomic E-state index is 0. The fourth-order valence-corrected chi connectivity index (χ4v) is 2.85.